The Bertz CT molecular complexity index is 1210. The number of hydrazone groups is 2. The molecule has 0 unspecified atom stereocenters. The van der Waals surface area contributed by atoms with Gasteiger partial charge < -0.3 is 15.1 Å². The van der Waals surface area contributed by atoms with E-state index in [1.807, 2.05) is 24.3 Å². The molecule has 0 fully saturated rings. The molecular formula is C24H24N8O. The van der Waals surface area contributed by atoms with E-state index in [0.717, 1.165) is 54.2 Å². The fourth-order valence-corrected chi connectivity index (χ4v) is 3.44. The summed E-state index contributed by atoms with van der Waals surface area (Å²) in [7, 11) is 0. The summed E-state index contributed by atoms with van der Waals surface area (Å²) in [6, 6.07) is 20.4. The number of aliphatic imine (C=N–C) groups is 2. The van der Waals surface area contributed by atoms with Gasteiger partial charge in [-0.1, -0.05) is 48.5 Å². The second-order valence-corrected chi connectivity index (χ2v) is 7.46. The van der Waals surface area contributed by atoms with E-state index in [1.54, 1.807) is 12.4 Å². The molecule has 0 radical (unpaired) electrons. The third-order valence-corrected chi connectivity index (χ3v) is 5.13. The lowest BCUT2D eigenvalue weighted by atomic mass is 10.0. The fraction of sp³-hybridized carbons (Fsp3) is 0.167. The van der Waals surface area contributed by atoms with Crippen molar-refractivity contribution >= 4 is 24.3 Å². The largest absolute Gasteiger partial charge is 0.455 e. The van der Waals surface area contributed by atoms with Gasteiger partial charge in [0.05, 0.1) is 25.5 Å². The van der Waals surface area contributed by atoms with E-state index in [0.29, 0.717) is 17.7 Å². The molecule has 0 aliphatic carbocycles. The lowest BCUT2D eigenvalue weighted by Gasteiger charge is -2.04. The highest BCUT2D eigenvalue weighted by molar-refractivity contribution is 5.85. The molecule has 0 spiro atoms. The molecule has 33 heavy (non-hydrogen) atoms. The van der Waals surface area contributed by atoms with Gasteiger partial charge in [0.2, 0.25) is 11.9 Å². The number of hydrogen-bond acceptors (Lipinski definition) is 9. The molecule has 1 aromatic heterocycles. The molecule has 0 saturated heterocycles. The van der Waals surface area contributed by atoms with Crippen molar-refractivity contribution in [1.82, 2.24) is 21.5 Å². The monoisotopic (exact) mass is 440 g/mol. The predicted octanol–water partition coefficient (Wildman–Crippen LogP) is 2.38. The van der Waals surface area contributed by atoms with Crippen LogP contribution in [0.4, 0.5) is 0 Å². The van der Waals surface area contributed by atoms with Crippen LogP contribution in [0.2, 0.25) is 0 Å². The zero-order valence-corrected chi connectivity index (χ0v) is 18.0. The predicted molar refractivity (Wildman–Crippen MR) is 132 cm³/mol. The second kappa shape index (κ2) is 9.82. The summed E-state index contributed by atoms with van der Waals surface area (Å²) in [6.45, 7) is 3.24. The van der Waals surface area contributed by atoms with Crippen molar-refractivity contribution < 1.29 is 4.42 Å². The summed E-state index contributed by atoms with van der Waals surface area (Å²) >= 11 is 0. The summed E-state index contributed by atoms with van der Waals surface area (Å²) in [6.07, 6.45) is 3.42. The minimum absolute atomic E-state index is 0.669. The van der Waals surface area contributed by atoms with Crippen molar-refractivity contribution in [3.63, 3.8) is 0 Å². The van der Waals surface area contributed by atoms with Crippen LogP contribution in [0.3, 0.4) is 0 Å². The van der Waals surface area contributed by atoms with Crippen LogP contribution < -0.4 is 21.5 Å². The van der Waals surface area contributed by atoms with Gasteiger partial charge in [-0.2, -0.15) is 10.2 Å². The summed E-state index contributed by atoms with van der Waals surface area (Å²) in [4.78, 5) is 8.46. The average Bonchev–Trinajstić information content (AvgIpc) is 3.64. The van der Waals surface area contributed by atoms with Crippen molar-refractivity contribution in [3.05, 3.63) is 72.0 Å². The molecule has 3 heterocycles. The van der Waals surface area contributed by atoms with Gasteiger partial charge in [0, 0.05) is 18.7 Å². The molecule has 3 aromatic rings. The zero-order chi connectivity index (χ0) is 22.3. The third-order valence-electron chi connectivity index (χ3n) is 5.13. The summed E-state index contributed by atoms with van der Waals surface area (Å²) < 4.78 is 5.89. The smallest absolute Gasteiger partial charge is 0.212 e. The van der Waals surface area contributed by atoms with Crippen LogP contribution in [0, 0.1) is 0 Å². The topological polar surface area (TPSA) is 111 Å². The lowest BCUT2D eigenvalue weighted by molar-refractivity contribution is 0.574. The first-order valence-corrected chi connectivity index (χ1v) is 10.8. The molecular weight excluding hydrogens is 416 g/mol. The number of nitrogens with zero attached hydrogens (tertiary/aromatic N) is 4. The van der Waals surface area contributed by atoms with Gasteiger partial charge in [-0.25, -0.2) is 20.8 Å². The number of rotatable bonds is 6. The van der Waals surface area contributed by atoms with Crippen LogP contribution in [0.1, 0.15) is 11.3 Å². The fourth-order valence-electron chi connectivity index (χ4n) is 3.44. The van der Waals surface area contributed by atoms with E-state index < -0.39 is 0 Å². The van der Waals surface area contributed by atoms with E-state index in [1.165, 1.54) is 0 Å². The van der Waals surface area contributed by atoms with Gasteiger partial charge in [0.15, 0.2) is 0 Å². The Morgan fingerprint density at radius 1 is 0.697 bits per heavy atom. The third kappa shape index (κ3) is 5.27. The lowest BCUT2D eigenvalue weighted by Crippen LogP contribution is -2.30. The van der Waals surface area contributed by atoms with Gasteiger partial charge in [0.25, 0.3) is 0 Å². The molecule has 9 nitrogen and oxygen atoms in total. The highest BCUT2D eigenvalue weighted by Crippen LogP contribution is 2.26. The van der Waals surface area contributed by atoms with Crippen LogP contribution in [0.15, 0.2) is 85.3 Å². The van der Waals surface area contributed by atoms with Gasteiger partial charge >= 0.3 is 0 Å². The number of hydrogen-bond donors (Lipinski definition) is 4. The summed E-state index contributed by atoms with van der Waals surface area (Å²) in [5, 5.41) is 14.6. The molecule has 5 rings (SSSR count). The standard InChI is InChI=1S/C24H24N8O/c1-3-18(4-2-17(1)15-29-31-23-25-11-12-26-23)19-5-7-20(8-6-19)22-10-9-21(33-22)16-30-32-24-27-13-14-28-24/h1-10,15-16H,11-14H2,(H2,25,26,31)(H2,27,28,32)/b29-15+,30-16+. The van der Waals surface area contributed by atoms with Gasteiger partial charge in [-0.05, 0) is 28.8 Å². The Morgan fingerprint density at radius 2 is 1.27 bits per heavy atom. The number of benzene rings is 2. The second-order valence-electron chi connectivity index (χ2n) is 7.46. The maximum Gasteiger partial charge on any atom is 0.212 e. The summed E-state index contributed by atoms with van der Waals surface area (Å²) in [5.41, 5.74) is 10.0. The van der Waals surface area contributed by atoms with E-state index in [-0.39, 0.29) is 0 Å². The molecule has 2 aliphatic rings. The van der Waals surface area contributed by atoms with Crippen LogP contribution in [0.5, 0.6) is 0 Å². The van der Waals surface area contributed by atoms with Crippen LogP contribution in [-0.2, 0) is 0 Å². The normalized spacial score (nSPS) is 15.4. The Balaban J connectivity index is 1.19. The number of furan rings is 1. The van der Waals surface area contributed by atoms with E-state index >= 15 is 0 Å². The van der Waals surface area contributed by atoms with E-state index in [9.17, 15) is 0 Å². The summed E-state index contributed by atoms with van der Waals surface area (Å²) in [5.74, 6) is 2.86. The number of guanidine groups is 2. The van der Waals surface area contributed by atoms with Crippen molar-refractivity contribution in [2.75, 3.05) is 26.2 Å². The van der Waals surface area contributed by atoms with Crippen LogP contribution >= 0.6 is 0 Å². The molecule has 4 N–H and O–H groups in total. The first-order valence-electron chi connectivity index (χ1n) is 10.8. The van der Waals surface area contributed by atoms with Gasteiger partial charge in [-0.15, -0.1) is 0 Å². The minimum Gasteiger partial charge on any atom is -0.455 e. The van der Waals surface area contributed by atoms with Gasteiger partial charge in [0.1, 0.15) is 11.5 Å². The molecule has 9 heteroatoms. The SMILES string of the molecule is C(=N\NC1=NCCN1)/c1ccc(-c2ccc(-c3ccc(/C=N/NC4=NCCN4)o3)cc2)cc1. The number of nitrogens with one attached hydrogen (secondary N) is 4. The Hall–Kier alpha value is -4.40. The highest BCUT2D eigenvalue weighted by Gasteiger charge is 2.06. The highest BCUT2D eigenvalue weighted by atomic mass is 16.3. The molecule has 0 atom stereocenters. The first-order chi connectivity index (χ1) is 16.3. The van der Waals surface area contributed by atoms with Crippen molar-refractivity contribution in [2.45, 2.75) is 0 Å². The van der Waals surface area contributed by atoms with E-state index in [2.05, 4.69) is 78.1 Å². The maximum absolute atomic E-state index is 5.89. The van der Waals surface area contributed by atoms with Crippen molar-refractivity contribution in [2.24, 2.45) is 20.2 Å². The van der Waals surface area contributed by atoms with Crippen molar-refractivity contribution in [3.8, 4) is 22.5 Å². The zero-order valence-electron chi connectivity index (χ0n) is 18.0. The average molecular weight is 441 g/mol. The first kappa shape index (κ1) is 20.5. The molecule has 166 valence electrons. The molecule has 2 aliphatic heterocycles. The molecule has 0 saturated carbocycles. The Kier molecular flexibility index (Phi) is 6.10. The molecule has 0 bridgehead atoms. The Labute approximate surface area is 191 Å². The minimum atomic E-state index is 0.669. The van der Waals surface area contributed by atoms with E-state index in [4.69, 9.17) is 4.42 Å². The molecule has 2 aromatic carbocycles. The maximum atomic E-state index is 5.89. The van der Waals surface area contributed by atoms with Crippen molar-refractivity contribution in [1.29, 1.82) is 0 Å². The quantitative estimate of drug-likeness (QED) is 0.347. The van der Waals surface area contributed by atoms with Crippen LogP contribution in [-0.4, -0.2) is 50.5 Å². The Morgan fingerprint density at radius 3 is 1.88 bits per heavy atom. The molecule has 0 amide bonds. The van der Waals surface area contributed by atoms with Gasteiger partial charge in [-0.3, -0.25) is 0 Å². The van der Waals surface area contributed by atoms with Crippen LogP contribution in [0.25, 0.3) is 22.5 Å².